The van der Waals surface area contributed by atoms with Crippen molar-refractivity contribution in [3.8, 4) is 11.4 Å². The summed E-state index contributed by atoms with van der Waals surface area (Å²) in [6.07, 6.45) is -2.90. The number of anilines is 1. The van der Waals surface area contributed by atoms with Gasteiger partial charge in [0.05, 0.1) is 11.1 Å². The van der Waals surface area contributed by atoms with E-state index in [4.69, 9.17) is 5.14 Å². The second kappa shape index (κ2) is 6.39. The Kier molecular flexibility index (Phi) is 4.35. The van der Waals surface area contributed by atoms with Crippen molar-refractivity contribution in [2.24, 2.45) is 10.6 Å². The van der Waals surface area contributed by atoms with E-state index in [9.17, 15) is 21.6 Å². The van der Waals surface area contributed by atoms with Gasteiger partial charge >= 0.3 is 6.18 Å². The molecule has 9 nitrogen and oxygen atoms in total. The molecule has 0 saturated carbocycles. The van der Waals surface area contributed by atoms with Crippen molar-refractivity contribution in [2.75, 3.05) is 31.1 Å². The number of alkyl halides is 3. The molecule has 2 aliphatic heterocycles. The van der Waals surface area contributed by atoms with Crippen LogP contribution in [-0.2, 0) is 16.2 Å². The Hall–Kier alpha value is -2.25. The molecule has 28 heavy (non-hydrogen) atoms. The third kappa shape index (κ3) is 3.22. The van der Waals surface area contributed by atoms with E-state index in [1.165, 1.54) is 6.07 Å². The average molecular weight is 417 g/mol. The number of sulfonamides is 1. The highest BCUT2D eigenvalue weighted by molar-refractivity contribution is 7.89. The van der Waals surface area contributed by atoms with Gasteiger partial charge in [-0.1, -0.05) is 0 Å². The van der Waals surface area contributed by atoms with Crippen molar-refractivity contribution in [1.82, 2.24) is 25.9 Å². The fourth-order valence-electron chi connectivity index (χ4n) is 4.07. The van der Waals surface area contributed by atoms with Gasteiger partial charge in [0.25, 0.3) is 0 Å². The maximum atomic E-state index is 13.5. The molecule has 2 aromatic rings. The second-order valence-corrected chi connectivity index (χ2v) is 8.75. The highest BCUT2D eigenvalue weighted by Gasteiger charge is 2.46. The van der Waals surface area contributed by atoms with Gasteiger partial charge < -0.3 is 10.2 Å². The normalized spacial score (nSPS) is 19.6. The van der Waals surface area contributed by atoms with Gasteiger partial charge in [-0.15, -0.1) is 10.2 Å². The van der Waals surface area contributed by atoms with E-state index < -0.39 is 26.7 Å². The number of nitrogens with zero attached hydrogens (tertiary/aromatic N) is 4. The minimum Gasteiger partial charge on any atom is -0.370 e. The topological polar surface area (TPSA) is 130 Å². The van der Waals surface area contributed by atoms with Crippen molar-refractivity contribution in [3.63, 3.8) is 0 Å². The molecule has 0 radical (unpaired) electrons. The van der Waals surface area contributed by atoms with Crippen molar-refractivity contribution in [3.05, 3.63) is 17.7 Å². The number of H-pyrrole nitrogens is 1. The number of hydrogen-bond acceptors (Lipinski definition) is 7. The number of nitrogens with one attached hydrogen (secondary N) is 2. The van der Waals surface area contributed by atoms with E-state index in [2.05, 4.69) is 25.9 Å². The predicted molar refractivity (Wildman–Crippen MR) is 92.7 cm³/mol. The highest BCUT2D eigenvalue weighted by atomic mass is 32.2. The number of aromatic amines is 1. The van der Waals surface area contributed by atoms with E-state index in [0.29, 0.717) is 13.1 Å². The standard InChI is InChI=1S/C15H18F3N7O2S/c16-15(17,18)9-2-3-10(25-7-14(8-25)4-1-5-20-6-14)11(12(9)28(19,26)27)13-21-23-24-22-13/h2-3,20H,1,4-8H2,(H2,19,26,27)(H,21,22,23,24). The summed E-state index contributed by atoms with van der Waals surface area (Å²) in [7, 11) is -4.73. The number of benzene rings is 1. The zero-order chi connectivity index (χ0) is 20.2. The molecule has 1 spiro atoms. The summed E-state index contributed by atoms with van der Waals surface area (Å²) in [6.45, 7) is 2.91. The summed E-state index contributed by atoms with van der Waals surface area (Å²) in [5, 5.41) is 21.4. The third-order valence-corrected chi connectivity index (χ3v) is 6.24. The van der Waals surface area contributed by atoms with Crippen molar-refractivity contribution >= 4 is 15.7 Å². The summed E-state index contributed by atoms with van der Waals surface area (Å²) in [6, 6.07) is 1.98. The third-order valence-electron chi connectivity index (χ3n) is 5.25. The summed E-state index contributed by atoms with van der Waals surface area (Å²) in [5.41, 5.74) is -1.33. The molecule has 4 rings (SSSR count). The molecule has 152 valence electrons. The van der Waals surface area contributed by atoms with Crippen LogP contribution in [0.1, 0.15) is 18.4 Å². The van der Waals surface area contributed by atoms with Gasteiger partial charge in [0.1, 0.15) is 4.90 Å². The molecule has 0 aliphatic carbocycles. The minimum atomic E-state index is -4.91. The smallest absolute Gasteiger partial charge is 0.370 e. The fraction of sp³-hybridized carbons (Fsp3) is 0.533. The first kappa shape index (κ1) is 19.1. The van der Waals surface area contributed by atoms with Crippen LogP contribution in [0.25, 0.3) is 11.4 Å². The van der Waals surface area contributed by atoms with Gasteiger partial charge in [-0.25, -0.2) is 13.6 Å². The van der Waals surface area contributed by atoms with Crippen LogP contribution in [0.2, 0.25) is 0 Å². The molecule has 3 heterocycles. The van der Waals surface area contributed by atoms with Crippen molar-refractivity contribution < 1.29 is 21.6 Å². The minimum absolute atomic E-state index is 0.0250. The van der Waals surface area contributed by atoms with Gasteiger partial charge in [-0.05, 0) is 36.7 Å². The zero-order valence-electron chi connectivity index (χ0n) is 14.6. The molecule has 1 aromatic heterocycles. The highest BCUT2D eigenvalue weighted by Crippen LogP contribution is 2.47. The maximum Gasteiger partial charge on any atom is 0.417 e. The van der Waals surface area contributed by atoms with Crippen LogP contribution >= 0.6 is 0 Å². The van der Waals surface area contributed by atoms with Crippen molar-refractivity contribution in [2.45, 2.75) is 23.9 Å². The lowest BCUT2D eigenvalue weighted by Gasteiger charge is -2.54. The van der Waals surface area contributed by atoms with Crippen LogP contribution in [0, 0.1) is 5.41 Å². The number of primary sulfonamides is 1. The number of piperidine rings is 1. The second-order valence-electron chi connectivity index (χ2n) is 7.25. The van der Waals surface area contributed by atoms with Gasteiger partial charge in [-0.2, -0.15) is 18.4 Å². The Balaban J connectivity index is 1.86. The number of hydrogen-bond donors (Lipinski definition) is 3. The Morgan fingerprint density at radius 3 is 2.54 bits per heavy atom. The lowest BCUT2D eigenvalue weighted by atomic mass is 9.73. The lowest BCUT2D eigenvalue weighted by molar-refractivity contribution is -0.139. The van der Waals surface area contributed by atoms with Crippen LogP contribution in [0.4, 0.5) is 18.9 Å². The van der Waals surface area contributed by atoms with E-state index in [0.717, 1.165) is 32.0 Å². The van der Waals surface area contributed by atoms with Gasteiger partial charge in [0.2, 0.25) is 15.8 Å². The number of nitrogens with two attached hydrogens (primary N) is 1. The molecular weight excluding hydrogens is 399 g/mol. The Labute approximate surface area is 158 Å². The average Bonchev–Trinajstić information content (AvgIpc) is 3.12. The van der Waals surface area contributed by atoms with Crippen LogP contribution < -0.4 is 15.4 Å². The number of aromatic nitrogens is 4. The molecule has 1 aromatic carbocycles. The predicted octanol–water partition coefficient (Wildman–Crippen LogP) is 0.723. The van der Waals surface area contributed by atoms with Crippen LogP contribution in [-0.4, -0.2) is 55.2 Å². The van der Waals surface area contributed by atoms with E-state index in [1.807, 2.05) is 4.90 Å². The van der Waals surface area contributed by atoms with E-state index >= 15 is 0 Å². The molecule has 13 heteroatoms. The first-order valence-electron chi connectivity index (χ1n) is 8.57. The summed E-state index contributed by atoms with van der Waals surface area (Å²) in [4.78, 5) is 0.787. The first-order valence-corrected chi connectivity index (χ1v) is 10.1. The summed E-state index contributed by atoms with van der Waals surface area (Å²) < 4.78 is 64.8. The SMILES string of the molecule is NS(=O)(=O)c1c(C(F)(F)F)ccc(N2CC3(CCCNC3)C2)c1-c1nn[nH]n1. The summed E-state index contributed by atoms with van der Waals surface area (Å²) >= 11 is 0. The van der Waals surface area contributed by atoms with E-state index in [-0.39, 0.29) is 22.5 Å². The first-order chi connectivity index (χ1) is 13.1. The van der Waals surface area contributed by atoms with Gasteiger partial charge in [0.15, 0.2) is 0 Å². The van der Waals surface area contributed by atoms with E-state index in [1.54, 1.807) is 0 Å². The Morgan fingerprint density at radius 1 is 1.25 bits per heavy atom. The fourth-order valence-corrected chi connectivity index (χ4v) is 5.04. The molecule has 2 saturated heterocycles. The van der Waals surface area contributed by atoms with Gasteiger partial charge in [-0.3, -0.25) is 0 Å². The van der Waals surface area contributed by atoms with Crippen LogP contribution in [0.3, 0.4) is 0 Å². The molecule has 0 atom stereocenters. The number of rotatable bonds is 3. The Bertz CT molecular complexity index is 978. The molecule has 0 amide bonds. The van der Waals surface area contributed by atoms with Crippen LogP contribution in [0.5, 0.6) is 0 Å². The Morgan fingerprint density at radius 2 is 2.00 bits per heavy atom. The molecular formula is C15H18F3N7O2S. The number of tetrazole rings is 1. The molecule has 0 bridgehead atoms. The van der Waals surface area contributed by atoms with Crippen molar-refractivity contribution in [1.29, 1.82) is 0 Å². The molecule has 4 N–H and O–H groups in total. The van der Waals surface area contributed by atoms with Gasteiger partial charge in [0, 0.05) is 30.7 Å². The lowest BCUT2D eigenvalue weighted by Crippen LogP contribution is -2.62. The zero-order valence-corrected chi connectivity index (χ0v) is 15.4. The summed E-state index contributed by atoms with van der Waals surface area (Å²) in [5.74, 6) is -0.257. The molecule has 0 unspecified atom stereocenters. The number of halogens is 3. The van der Waals surface area contributed by atoms with Crippen LogP contribution in [0.15, 0.2) is 17.0 Å². The maximum absolute atomic E-state index is 13.5. The quantitative estimate of drug-likeness (QED) is 0.671. The molecule has 2 aliphatic rings. The monoisotopic (exact) mass is 417 g/mol. The molecule has 2 fully saturated rings. The largest absolute Gasteiger partial charge is 0.417 e.